The molecule has 1 amide bonds. The Hall–Kier alpha value is -1.91. The van der Waals surface area contributed by atoms with Crippen molar-refractivity contribution in [2.75, 3.05) is 6.54 Å². The highest BCUT2D eigenvalue weighted by molar-refractivity contribution is 5.85. The quantitative estimate of drug-likeness (QED) is 0.665. The molecule has 1 atom stereocenters. The normalized spacial score (nSPS) is 20.1. The molecule has 2 rings (SSSR count). The zero-order valence-corrected chi connectivity index (χ0v) is 8.63. The predicted octanol–water partition coefficient (Wildman–Crippen LogP) is -0.820. The molecule has 1 fully saturated rings. The van der Waals surface area contributed by atoms with Crippen LogP contribution in [0.5, 0.6) is 0 Å². The third kappa shape index (κ3) is 2.18. The molecule has 0 bridgehead atoms. The van der Waals surface area contributed by atoms with Gasteiger partial charge in [-0.2, -0.15) is 0 Å². The van der Waals surface area contributed by atoms with E-state index in [1.54, 1.807) is 18.5 Å². The second-order valence-electron chi connectivity index (χ2n) is 3.86. The molecular weight excluding hydrogens is 208 g/mol. The van der Waals surface area contributed by atoms with Crippen molar-refractivity contribution in [3.8, 4) is 0 Å². The summed E-state index contributed by atoms with van der Waals surface area (Å²) in [4.78, 5) is 27.6. The Bertz CT molecular complexity index is 405. The van der Waals surface area contributed by atoms with Gasteiger partial charge in [-0.3, -0.25) is 9.78 Å². The third-order valence-electron chi connectivity index (χ3n) is 2.64. The summed E-state index contributed by atoms with van der Waals surface area (Å²) in [5, 5.41) is 10.6. The summed E-state index contributed by atoms with van der Waals surface area (Å²) < 4.78 is 0. The van der Waals surface area contributed by atoms with Crippen molar-refractivity contribution in [3.05, 3.63) is 30.1 Å². The van der Waals surface area contributed by atoms with E-state index in [4.69, 9.17) is 0 Å². The van der Waals surface area contributed by atoms with Crippen LogP contribution in [0.1, 0.15) is 12.0 Å². The highest BCUT2D eigenvalue weighted by Gasteiger charge is 2.30. The van der Waals surface area contributed by atoms with Crippen LogP contribution in [0.15, 0.2) is 24.5 Å². The summed E-state index contributed by atoms with van der Waals surface area (Å²) in [6.45, 7) is 0.645. The average molecular weight is 219 g/mol. The maximum atomic E-state index is 11.5. The highest BCUT2D eigenvalue weighted by atomic mass is 16.4. The van der Waals surface area contributed by atoms with Crippen molar-refractivity contribution >= 4 is 11.9 Å². The zero-order chi connectivity index (χ0) is 11.5. The summed E-state index contributed by atoms with van der Waals surface area (Å²) in [5.41, 5.74) is 0.898. The number of likely N-dealkylation sites (tertiary alicyclic amines) is 1. The van der Waals surface area contributed by atoms with Gasteiger partial charge in [-0.1, -0.05) is 6.07 Å². The minimum Gasteiger partial charge on any atom is -0.550 e. The first kappa shape index (κ1) is 10.6. The number of aliphatic carboxylic acids is 1. The number of carbonyl (C=O) groups is 2. The van der Waals surface area contributed by atoms with E-state index in [0.29, 0.717) is 6.54 Å². The number of pyridine rings is 1. The maximum absolute atomic E-state index is 11.5. The van der Waals surface area contributed by atoms with Gasteiger partial charge in [0, 0.05) is 43.8 Å². The van der Waals surface area contributed by atoms with Crippen LogP contribution in [0.2, 0.25) is 0 Å². The van der Waals surface area contributed by atoms with E-state index in [9.17, 15) is 14.7 Å². The van der Waals surface area contributed by atoms with Gasteiger partial charge in [0.2, 0.25) is 5.91 Å². The predicted molar refractivity (Wildman–Crippen MR) is 52.8 cm³/mol. The van der Waals surface area contributed by atoms with E-state index < -0.39 is 11.9 Å². The molecule has 0 unspecified atom stereocenters. The number of hydrogen-bond acceptors (Lipinski definition) is 4. The fraction of sp³-hybridized carbons (Fsp3) is 0.364. The third-order valence-corrected chi connectivity index (χ3v) is 2.64. The molecule has 84 valence electrons. The molecule has 1 aliphatic rings. The average Bonchev–Trinajstić information content (AvgIpc) is 2.62. The van der Waals surface area contributed by atoms with Crippen LogP contribution in [0, 0.1) is 5.92 Å². The van der Waals surface area contributed by atoms with Gasteiger partial charge < -0.3 is 14.8 Å². The number of carbonyl (C=O) groups excluding carboxylic acids is 2. The number of carboxylic acid groups (broad SMARTS) is 1. The minimum atomic E-state index is -1.15. The van der Waals surface area contributed by atoms with Crippen molar-refractivity contribution in [2.24, 2.45) is 5.92 Å². The number of rotatable bonds is 3. The number of hydrogen-bond donors (Lipinski definition) is 0. The summed E-state index contributed by atoms with van der Waals surface area (Å²) in [6, 6.07) is 3.64. The van der Waals surface area contributed by atoms with Gasteiger partial charge in [0.05, 0.1) is 0 Å². The fourth-order valence-electron chi connectivity index (χ4n) is 1.79. The summed E-state index contributed by atoms with van der Waals surface area (Å²) in [5.74, 6) is -1.97. The van der Waals surface area contributed by atoms with Crippen LogP contribution >= 0.6 is 0 Å². The Labute approximate surface area is 92.7 Å². The number of nitrogens with zero attached hydrogens (tertiary/aromatic N) is 2. The van der Waals surface area contributed by atoms with Gasteiger partial charge >= 0.3 is 0 Å². The number of aromatic nitrogens is 1. The molecule has 1 saturated heterocycles. The Kier molecular flexibility index (Phi) is 2.85. The first-order valence-corrected chi connectivity index (χ1v) is 5.04. The highest BCUT2D eigenvalue weighted by Crippen LogP contribution is 2.19. The number of carboxylic acids is 1. The molecule has 1 aromatic rings. The van der Waals surface area contributed by atoms with Crippen molar-refractivity contribution < 1.29 is 14.7 Å². The van der Waals surface area contributed by atoms with E-state index in [1.165, 1.54) is 4.90 Å². The second kappa shape index (κ2) is 4.30. The molecule has 1 aliphatic heterocycles. The van der Waals surface area contributed by atoms with Crippen molar-refractivity contribution in [1.82, 2.24) is 9.88 Å². The van der Waals surface area contributed by atoms with Crippen LogP contribution in [-0.4, -0.2) is 28.3 Å². The van der Waals surface area contributed by atoms with Crippen LogP contribution in [0.4, 0.5) is 0 Å². The van der Waals surface area contributed by atoms with Gasteiger partial charge in [-0.15, -0.1) is 0 Å². The molecular formula is C11H11N2O3-. The molecule has 0 N–H and O–H groups in total. The van der Waals surface area contributed by atoms with Crippen molar-refractivity contribution in [1.29, 1.82) is 0 Å². The van der Waals surface area contributed by atoms with E-state index in [2.05, 4.69) is 4.98 Å². The van der Waals surface area contributed by atoms with Gasteiger partial charge in [-0.25, -0.2) is 0 Å². The van der Waals surface area contributed by atoms with Crippen molar-refractivity contribution in [3.63, 3.8) is 0 Å². The summed E-state index contributed by atoms with van der Waals surface area (Å²) in [6.07, 6.45) is 3.36. The van der Waals surface area contributed by atoms with E-state index in [1.807, 2.05) is 6.07 Å². The molecule has 16 heavy (non-hydrogen) atoms. The lowest BCUT2D eigenvalue weighted by Crippen LogP contribution is -2.33. The first-order chi connectivity index (χ1) is 7.66. The largest absolute Gasteiger partial charge is 0.550 e. The number of amides is 1. The second-order valence-corrected chi connectivity index (χ2v) is 3.86. The van der Waals surface area contributed by atoms with Gasteiger partial charge in [0.15, 0.2) is 0 Å². The van der Waals surface area contributed by atoms with Crippen LogP contribution < -0.4 is 5.11 Å². The van der Waals surface area contributed by atoms with Gasteiger partial charge in [0.25, 0.3) is 0 Å². The Balaban J connectivity index is 2.02. The first-order valence-electron chi connectivity index (χ1n) is 5.04. The molecule has 2 heterocycles. The van der Waals surface area contributed by atoms with E-state index in [0.717, 1.165) is 5.56 Å². The Morgan fingerprint density at radius 3 is 3.00 bits per heavy atom. The minimum absolute atomic E-state index is 0.0442. The lowest BCUT2D eigenvalue weighted by molar-refractivity contribution is -0.311. The molecule has 1 aromatic heterocycles. The SMILES string of the molecule is O=C([O-])[C@H]1CC(=O)N(Cc2cccnc2)C1. The molecule has 0 aliphatic carbocycles. The Morgan fingerprint density at radius 2 is 2.44 bits per heavy atom. The molecule has 5 heteroatoms. The molecule has 5 nitrogen and oxygen atoms in total. The molecule has 0 spiro atoms. The monoisotopic (exact) mass is 219 g/mol. The van der Waals surface area contributed by atoms with E-state index >= 15 is 0 Å². The van der Waals surface area contributed by atoms with E-state index in [-0.39, 0.29) is 18.9 Å². The molecule has 0 aromatic carbocycles. The topological polar surface area (TPSA) is 73.3 Å². The summed E-state index contributed by atoms with van der Waals surface area (Å²) >= 11 is 0. The van der Waals surface area contributed by atoms with Gasteiger partial charge in [-0.05, 0) is 11.6 Å². The molecule has 0 radical (unpaired) electrons. The van der Waals surface area contributed by atoms with Gasteiger partial charge in [0.1, 0.15) is 0 Å². The Morgan fingerprint density at radius 1 is 1.62 bits per heavy atom. The molecule has 0 saturated carbocycles. The standard InChI is InChI=1S/C11H12N2O3/c14-10-4-9(11(15)16)7-13(10)6-8-2-1-3-12-5-8/h1-3,5,9H,4,6-7H2,(H,15,16)/p-1/t9-/m0/s1. The smallest absolute Gasteiger partial charge is 0.223 e. The summed E-state index contributed by atoms with van der Waals surface area (Å²) in [7, 11) is 0. The van der Waals surface area contributed by atoms with Crippen LogP contribution in [0.25, 0.3) is 0 Å². The zero-order valence-electron chi connectivity index (χ0n) is 8.63. The lowest BCUT2D eigenvalue weighted by Gasteiger charge is -2.16. The van der Waals surface area contributed by atoms with Crippen LogP contribution in [0.3, 0.4) is 0 Å². The van der Waals surface area contributed by atoms with Crippen LogP contribution in [-0.2, 0) is 16.1 Å². The van der Waals surface area contributed by atoms with Crippen molar-refractivity contribution in [2.45, 2.75) is 13.0 Å². The fourth-order valence-corrected chi connectivity index (χ4v) is 1.79. The maximum Gasteiger partial charge on any atom is 0.223 e. The lowest BCUT2D eigenvalue weighted by atomic mass is 10.1.